The van der Waals surface area contributed by atoms with Crippen molar-refractivity contribution in [2.24, 2.45) is 0 Å². The van der Waals surface area contributed by atoms with Gasteiger partial charge >= 0.3 is 5.97 Å². The number of nitrogens with zero attached hydrogens (tertiary/aromatic N) is 3. The molecule has 0 heterocycles. The summed E-state index contributed by atoms with van der Waals surface area (Å²) in [5.41, 5.74) is 0.528. The summed E-state index contributed by atoms with van der Waals surface area (Å²) < 4.78 is 0.415. The van der Waals surface area contributed by atoms with Crippen LogP contribution in [0.3, 0.4) is 0 Å². The van der Waals surface area contributed by atoms with Crippen molar-refractivity contribution in [1.29, 1.82) is 15.8 Å². The number of aryl methyl sites for hydroxylation is 1. The predicted molar refractivity (Wildman–Crippen MR) is 73.3 cm³/mol. The lowest BCUT2D eigenvalue weighted by Gasteiger charge is -2.11. The van der Waals surface area contributed by atoms with E-state index in [-0.39, 0.29) is 16.8 Å². The Hall–Kier alpha value is -2.82. The summed E-state index contributed by atoms with van der Waals surface area (Å²) >= 11 is 3.19. The number of carboxylic acid groups (broad SMARTS) is 1. The monoisotopic (exact) mass is 330 g/mol. The molecule has 0 bridgehead atoms. The van der Waals surface area contributed by atoms with Gasteiger partial charge in [-0.1, -0.05) is 0 Å². The molecular weight excluding hydrogens is 324 g/mol. The van der Waals surface area contributed by atoms with Gasteiger partial charge in [0.25, 0.3) is 0 Å². The van der Waals surface area contributed by atoms with Crippen LogP contribution < -0.4 is 5.32 Å². The maximum Gasteiger partial charge on any atom is 0.335 e. The zero-order valence-electron chi connectivity index (χ0n) is 10.2. The van der Waals surface area contributed by atoms with Crippen LogP contribution in [-0.4, -0.2) is 11.1 Å². The van der Waals surface area contributed by atoms with Gasteiger partial charge in [-0.25, -0.2) is 4.79 Å². The first-order chi connectivity index (χ1) is 9.44. The second-order valence-corrected chi connectivity index (χ2v) is 4.52. The fourth-order valence-electron chi connectivity index (χ4n) is 1.43. The van der Waals surface area contributed by atoms with Crippen molar-refractivity contribution in [2.75, 3.05) is 5.32 Å². The van der Waals surface area contributed by atoms with Crippen LogP contribution in [0.5, 0.6) is 0 Å². The molecule has 0 radical (unpaired) electrons. The molecule has 2 N–H and O–H groups in total. The van der Waals surface area contributed by atoms with Gasteiger partial charge in [0.1, 0.15) is 23.9 Å². The number of hydrogen-bond donors (Lipinski definition) is 2. The van der Waals surface area contributed by atoms with Gasteiger partial charge < -0.3 is 10.4 Å². The number of rotatable bonds is 3. The highest BCUT2D eigenvalue weighted by Crippen LogP contribution is 2.29. The number of aromatic carboxylic acids is 1. The number of anilines is 1. The van der Waals surface area contributed by atoms with E-state index in [4.69, 9.17) is 20.9 Å². The summed E-state index contributed by atoms with van der Waals surface area (Å²) in [5, 5.41) is 38.1. The van der Waals surface area contributed by atoms with Crippen molar-refractivity contribution in [3.05, 3.63) is 39.0 Å². The third kappa shape index (κ3) is 3.14. The van der Waals surface area contributed by atoms with Gasteiger partial charge in [0.05, 0.1) is 11.3 Å². The number of allylic oxidation sites excluding steroid dienone is 2. The van der Waals surface area contributed by atoms with E-state index < -0.39 is 5.97 Å². The summed E-state index contributed by atoms with van der Waals surface area (Å²) in [6, 6.07) is 7.75. The van der Waals surface area contributed by atoms with Crippen molar-refractivity contribution < 1.29 is 9.90 Å². The van der Waals surface area contributed by atoms with E-state index in [1.807, 2.05) is 0 Å². The maximum absolute atomic E-state index is 10.9. The van der Waals surface area contributed by atoms with E-state index in [0.29, 0.717) is 15.7 Å². The third-order valence-electron chi connectivity index (χ3n) is 2.37. The van der Waals surface area contributed by atoms with Crippen LogP contribution in [0.2, 0.25) is 0 Å². The molecule has 1 aromatic carbocycles. The Morgan fingerprint density at radius 3 is 2.25 bits per heavy atom. The molecular formula is C13H7BrN4O2. The van der Waals surface area contributed by atoms with Crippen LogP contribution in [0.15, 0.2) is 27.9 Å². The quantitative estimate of drug-likeness (QED) is 0.822. The summed E-state index contributed by atoms with van der Waals surface area (Å²) in [6.45, 7) is 1.65. The Kier molecular flexibility index (Phi) is 4.86. The minimum Gasteiger partial charge on any atom is -0.478 e. The van der Waals surface area contributed by atoms with Gasteiger partial charge in [0, 0.05) is 4.47 Å². The van der Waals surface area contributed by atoms with E-state index in [0.717, 1.165) is 0 Å². The molecule has 0 aliphatic heterocycles. The molecule has 0 aliphatic rings. The summed E-state index contributed by atoms with van der Waals surface area (Å²) in [6.07, 6.45) is 0. The standard InChI is InChI=1S/C13H7BrN4O2/c1-7-2-8(13(19)20)3-10(14)12(7)18-11(6-17)9(4-15)5-16/h2-3,18H,1H3,(H,19,20). The lowest BCUT2D eigenvalue weighted by atomic mass is 10.1. The molecule has 0 unspecified atom stereocenters. The minimum atomic E-state index is -1.08. The summed E-state index contributed by atoms with van der Waals surface area (Å²) in [7, 11) is 0. The molecule has 0 saturated carbocycles. The first-order valence-corrected chi connectivity index (χ1v) is 5.99. The predicted octanol–water partition coefficient (Wildman–Crippen LogP) is 2.69. The second-order valence-electron chi connectivity index (χ2n) is 3.67. The van der Waals surface area contributed by atoms with E-state index >= 15 is 0 Å². The van der Waals surface area contributed by atoms with Crippen molar-refractivity contribution in [2.45, 2.75) is 6.92 Å². The van der Waals surface area contributed by atoms with Crippen LogP contribution in [0.1, 0.15) is 15.9 Å². The topological polar surface area (TPSA) is 121 Å². The van der Waals surface area contributed by atoms with Crippen molar-refractivity contribution in [3.8, 4) is 18.2 Å². The number of nitrogens with one attached hydrogen (secondary N) is 1. The molecule has 0 saturated heterocycles. The zero-order valence-corrected chi connectivity index (χ0v) is 11.8. The van der Waals surface area contributed by atoms with Gasteiger partial charge in [-0.2, -0.15) is 15.8 Å². The van der Waals surface area contributed by atoms with Crippen molar-refractivity contribution in [1.82, 2.24) is 0 Å². The number of carboxylic acids is 1. The van der Waals surface area contributed by atoms with Gasteiger partial charge in [-0.15, -0.1) is 0 Å². The van der Waals surface area contributed by atoms with E-state index in [2.05, 4.69) is 21.2 Å². The molecule has 0 fully saturated rings. The number of carbonyl (C=O) groups is 1. The Labute approximate surface area is 123 Å². The molecule has 0 spiro atoms. The smallest absolute Gasteiger partial charge is 0.335 e. The largest absolute Gasteiger partial charge is 0.478 e. The van der Waals surface area contributed by atoms with Crippen LogP contribution in [0, 0.1) is 40.9 Å². The zero-order chi connectivity index (χ0) is 15.3. The van der Waals surface area contributed by atoms with Crippen molar-refractivity contribution >= 4 is 27.6 Å². The molecule has 1 rings (SSSR count). The number of hydrogen-bond acceptors (Lipinski definition) is 5. The highest BCUT2D eigenvalue weighted by Gasteiger charge is 2.13. The second kappa shape index (κ2) is 6.38. The van der Waals surface area contributed by atoms with Gasteiger partial charge in [0.2, 0.25) is 0 Å². The molecule has 0 amide bonds. The van der Waals surface area contributed by atoms with Crippen LogP contribution in [0.4, 0.5) is 5.69 Å². The highest BCUT2D eigenvalue weighted by molar-refractivity contribution is 9.10. The molecule has 6 nitrogen and oxygen atoms in total. The number of nitriles is 3. The first kappa shape index (κ1) is 15.2. The van der Waals surface area contributed by atoms with Crippen LogP contribution >= 0.6 is 15.9 Å². The van der Waals surface area contributed by atoms with E-state index in [9.17, 15) is 4.79 Å². The highest BCUT2D eigenvalue weighted by atomic mass is 79.9. The molecule has 98 valence electrons. The molecule has 0 atom stereocenters. The van der Waals surface area contributed by atoms with Gasteiger partial charge in [-0.05, 0) is 40.5 Å². The maximum atomic E-state index is 10.9. The molecule has 0 aliphatic carbocycles. The Balaban J connectivity index is 3.35. The number of halogens is 1. The van der Waals surface area contributed by atoms with Crippen molar-refractivity contribution in [3.63, 3.8) is 0 Å². The fourth-order valence-corrected chi connectivity index (χ4v) is 2.09. The lowest BCUT2D eigenvalue weighted by molar-refractivity contribution is 0.0696. The summed E-state index contributed by atoms with van der Waals surface area (Å²) in [4.78, 5) is 10.9. The van der Waals surface area contributed by atoms with Crippen LogP contribution in [0.25, 0.3) is 0 Å². The molecule has 7 heteroatoms. The average Bonchev–Trinajstić information content (AvgIpc) is 2.41. The fraction of sp³-hybridized carbons (Fsp3) is 0.0769. The number of benzene rings is 1. The minimum absolute atomic E-state index is 0.0863. The molecule has 0 aromatic heterocycles. The SMILES string of the molecule is Cc1cc(C(=O)O)cc(Br)c1NC(C#N)=C(C#N)C#N. The van der Waals surface area contributed by atoms with Crippen LogP contribution in [-0.2, 0) is 0 Å². The van der Waals surface area contributed by atoms with Gasteiger partial charge in [-0.3, -0.25) is 0 Å². The Morgan fingerprint density at radius 1 is 1.25 bits per heavy atom. The molecule has 1 aromatic rings. The normalized spacial score (nSPS) is 8.75. The molecule has 20 heavy (non-hydrogen) atoms. The van der Waals surface area contributed by atoms with E-state index in [1.54, 1.807) is 25.1 Å². The van der Waals surface area contributed by atoms with Gasteiger partial charge in [0.15, 0.2) is 5.57 Å². The summed E-state index contributed by atoms with van der Waals surface area (Å²) in [5.74, 6) is -1.08. The Bertz CT molecular complexity index is 693. The average molecular weight is 331 g/mol. The first-order valence-electron chi connectivity index (χ1n) is 5.19. The Morgan fingerprint density at radius 2 is 1.85 bits per heavy atom. The van der Waals surface area contributed by atoms with E-state index in [1.165, 1.54) is 12.1 Å². The third-order valence-corrected chi connectivity index (χ3v) is 3.00. The lowest BCUT2D eigenvalue weighted by Crippen LogP contribution is -2.05.